The third-order valence-corrected chi connectivity index (χ3v) is 5.46. The van der Waals surface area contributed by atoms with Crippen molar-refractivity contribution in [3.8, 4) is 17.2 Å². The van der Waals surface area contributed by atoms with Crippen LogP contribution in [0.25, 0.3) is 0 Å². The van der Waals surface area contributed by atoms with E-state index in [0.717, 1.165) is 29.8 Å². The summed E-state index contributed by atoms with van der Waals surface area (Å²) in [7, 11) is 0.672. The second-order valence-corrected chi connectivity index (χ2v) is 7.68. The van der Waals surface area contributed by atoms with Crippen molar-refractivity contribution in [3.05, 3.63) is 47.8 Å². The number of ether oxygens (including phenoxy) is 3. The van der Waals surface area contributed by atoms with Crippen molar-refractivity contribution >= 4 is 15.9 Å². The van der Waals surface area contributed by atoms with Gasteiger partial charge in [0.25, 0.3) is 0 Å². The maximum absolute atomic E-state index is 12.9. The van der Waals surface area contributed by atoms with Gasteiger partial charge in [-0.15, -0.1) is 0 Å². The number of methoxy groups -OCH3 is 3. The molecule has 0 saturated heterocycles. The number of benzene rings is 2. The van der Waals surface area contributed by atoms with Crippen LogP contribution in [0.2, 0.25) is 0 Å². The monoisotopic (exact) mass is 426 g/mol. The van der Waals surface area contributed by atoms with E-state index in [-0.39, 0.29) is 30.3 Å². The molecule has 0 saturated carbocycles. The highest BCUT2D eigenvalue weighted by Gasteiger charge is 2.15. The molecule has 1 amide bonds. The average molecular weight is 426 g/mol. The molecule has 0 aliphatic heterocycles. The fourth-order valence-corrected chi connectivity index (χ4v) is 3.55. The summed E-state index contributed by atoms with van der Waals surface area (Å²) in [6.07, 6.45) is -0.0646. The van der Waals surface area contributed by atoms with Gasteiger partial charge in [-0.2, -0.15) is 0 Å². The molecular weight excluding hydrogens is 403 g/mol. The van der Waals surface area contributed by atoms with E-state index < -0.39 is 15.8 Å². The number of hydrogen-bond acceptors (Lipinski definition) is 6. The molecule has 2 N–H and O–H groups in total. The zero-order chi connectivity index (χ0) is 21.4. The molecule has 2 rings (SSSR count). The first-order chi connectivity index (χ1) is 13.8. The zero-order valence-corrected chi connectivity index (χ0v) is 17.1. The number of hydrogen-bond donors (Lipinski definition) is 2. The van der Waals surface area contributed by atoms with Crippen LogP contribution in [0.1, 0.15) is 12.0 Å². The second-order valence-electron chi connectivity index (χ2n) is 5.91. The van der Waals surface area contributed by atoms with Crippen LogP contribution < -0.4 is 24.2 Å². The van der Waals surface area contributed by atoms with Crippen LogP contribution in [0, 0.1) is 5.82 Å². The van der Waals surface area contributed by atoms with E-state index in [1.165, 1.54) is 21.3 Å². The quantitative estimate of drug-likeness (QED) is 0.601. The van der Waals surface area contributed by atoms with E-state index in [0.29, 0.717) is 17.2 Å². The maximum Gasteiger partial charge on any atom is 0.240 e. The van der Waals surface area contributed by atoms with Crippen molar-refractivity contribution in [1.29, 1.82) is 0 Å². The highest BCUT2D eigenvalue weighted by atomic mass is 32.2. The third kappa shape index (κ3) is 6.06. The van der Waals surface area contributed by atoms with Crippen molar-refractivity contribution < 1.29 is 31.8 Å². The number of carbonyl (C=O) groups is 1. The smallest absolute Gasteiger partial charge is 0.240 e. The number of halogens is 1. The Bertz CT molecular complexity index is 923. The molecule has 0 aromatic heterocycles. The maximum atomic E-state index is 12.9. The number of nitrogens with one attached hydrogen (secondary N) is 2. The van der Waals surface area contributed by atoms with E-state index in [4.69, 9.17) is 14.2 Å². The Labute approximate surface area is 169 Å². The van der Waals surface area contributed by atoms with Crippen LogP contribution >= 0.6 is 0 Å². The molecule has 0 aliphatic rings. The lowest BCUT2D eigenvalue weighted by Crippen LogP contribution is -2.30. The SMILES string of the molecule is COc1cc(CNC(=O)CCNS(=O)(=O)c2ccc(F)cc2)cc(OC)c1OC. The molecule has 2 aromatic rings. The van der Waals surface area contributed by atoms with Crippen LogP contribution in [-0.4, -0.2) is 42.2 Å². The van der Waals surface area contributed by atoms with Crippen LogP contribution in [-0.2, 0) is 21.4 Å². The molecule has 0 radical (unpaired) electrons. The van der Waals surface area contributed by atoms with E-state index in [1.807, 2.05) is 0 Å². The standard InChI is InChI=1S/C19H23FN2O6S/c1-26-16-10-13(11-17(27-2)19(16)28-3)12-21-18(23)8-9-22-29(24,25)15-6-4-14(20)5-7-15/h4-7,10-11,22H,8-9,12H2,1-3H3,(H,21,23). The first-order valence-electron chi connectivity index (χ1n) is 8.61. The summed E-state index contributed by atoms with van der Waals surface area (Å²) in [4.78, 5) is 12.0. The van der Waals surface area contributed by atoms with Crippen LogP contribution in [0.3, 0.4) is 0 Å². The Morgan fingerprint density at radius 3 is 2.10 bits per heavy atom. The average Bonchev–Trinajstić information content (AvgIpc) is 2.71. The van der Waals surface area contributed by atoms with Gasteiger partial charge in [0, 0.05) is 19.5 Å². The Kier molecular flexibility index (Phi) is 7.80. The molecule has 0 aliphatic carbocycles. The lowest BCUT2D eigenvalue weighted by Gasteiger charge is -2.14. The molecule has 0 unspecified atom stereocenters. The fraction of sp³-hybridized carbons (Fsp3) is 0.316. The van der Waals surface area contributed by atoms with Crippen molar-refractivity contribution in [2.24, 2.45) is 0 Å². The lowest BCUT2D eigenvalue weighted by atomic mass is 10.1. The highest BCUT2D eigenvalue weighted by molar-refractivity contribution is 7.89. The Morgan fingerprint density at radius 1 is 1.00 bits per heavy atom. The Morgan fingerprint density at radius 2 is 1.59 bits per heavy atom. The topological polar surface area (TPSA) is 103 Å². The van der Waals surface area contributed by atoms with Gasteiger partial charge in [0.1, 0.15) is 5.82 Å². The molecule has 0 spiro atoms. The van der Waals surface area contributed by atoms with Crippen molar-refractivity contribution in [3.63, 3.8) is 0 Å². The number of carbonyl (C=O) groups excluding carboxylic acids is 1. The van der Waals surface area contributed by atoms with Gasteiger partial charge in [-0.05, 0) is 42.0 Å². The summed E-state index contributed by atoms with van der Waals surface area (Å²) >= 11 is 0. The molecule has 10 heteroatoms. The van der Waals surface area contributed by atoms with Crippen molar-refractivity contribution in [2.45, 2.75) is 17.9 Å². The predicted octanol–water partition coefficient (Wildman–Crippen LogP) is 1.84. The number of rotatable bonds is 10. The van der Waals surface area contributed by atoms with E-state index in [2.05, 4.69) is 10.0 Å². The molecule has 8 nitrogen and oxygen atoms in total. The van der Waals surface area contributed by atoms with E-state index in [1.54, 1.807) is 12.1 Å². The van der Waals surface area contributed by atoms with Crippen molar-refractivity contribution in [1.82, 2.24) is 10.0 Å². The minimum Gasteiger partial charge on any atom is -0.493 e. The molecule has 0 fully saturated rings. The Hall–Kier alpha value is -2.85. The molecule has 158 valence electrons. The van der Waals surface area contributed by atoms with Crippen LogP contribution in [0.4, 0.5) is 4.39 Å². The van der Waals surface area contributed by atoms with Gasteiger partial charge in [0.05, 0.1) is 26.2 Å². The third-order valence-electron chi connectivity index (χ3n) is 3.98. The summed E-state index contributed by atoms with van der Waals surface area (Å²) in [6.45, 7) is 0.0983. The van der Waals surface area contributed by atoms with Gasteiger partial charge >= 0.3 is 0 Å². The first kappa shape index (κ1) is 22.4. The van der Waals surface area contributed by atoms with Crippen molar-refractivity contribution in [2.75, 3.05) is 27.9 Å². The van der Waals surface area contributed by atoms with Gasteiger partial charge in [0.15, 0.2) is 11.5 Å². The molecule has 0 heterocycles. The minimum absolute atomic E-state index is 0.0646. The summed E-state index contributed by atoms with van der Waals surface area (Å²) in [5.41, 5.74) is 0.722. The van der Waals surface area contributed by atoms with Gasteiger partial charge in [-0.25, -0.2) is 17.5 Å². The highest BCUT2D eigenvalue weighted by Crippen LogP contribution is 2.38. The van der Waals surface area contributed by atoms with E-state index in [9.17, 15) is 17.6 Å². The van der Waals surface area contributed by atoms with Crippen LogP contribution in [0.15, 0.2) is 41.3 Å². The van der Waals surface area contributed by atoms with Gasteiger partial charge in [-0.3, -0.25) is 4.79 Å². The summed E-state index contributed by atoms with van der Waals surface area (Å²) in [5, 5.41) is 2.70. The molecule has 0 atom stereocenters. The molecular formula is C19H23FN2O6S. The van der Waals surface area contributed by atoms with Gasteiger partial charge < -0.3 is 19.5 Å². The normalized spacial score (nSPS) is 11.0. The van der Waals surface area contributed by atoms with Gasteiger partial charge in [0.2, 0.25) is 21.7 Å². The summed E-state index contributed by atoms with van der Waals surface area (Å²) < 4.78 is 55.2. The van der Waals surface area contributed by atoms with E-state index >= 15 is 0 Å². The number of sulfonamides is 1. The minimum atomic E-state index is -3.81. The first-order valence-corrected chi connectivity index (χ1v) is 10.1. The summed E-state index contributed by atoms with van der Waals surface area (Å²) in [5.74, 6) is 0.488. The molecule has 29 heavy (non-hydrogen) atoms. The second kappa shape index (κ2) is 10.1. The molecule has 0 bridgehead atoms. The predicted molar refractivity (Wildman–Crippen MR) is 104 cm³/mol. The summed E-state index contributed by atoms with van der Waals surface area (Å²) in [6, 6.07) is 7.83. The lowest BCUT2D eigenvalue weighted by molar-refractivity contribution is -0.121. The number of amides is 1. The molecule has 2 aromatic carbocycles. The largest absolute Gasteiger partial charge is 0.493 e. The fourth-order valence-electron chi connectivity index (χ4n) is 2.52. The zero-order valence-electron chi connectivity index (χ0n) is 16.3. The Balaban J connectivity index is 1.89. The van der Waals surface area contributed by atoms with Gasteiger partial charge in [-0.1, -0.05) is 0 Å². The van der Waals surface area contributed by atoms with Crippen LogP contribution in [0.5, 0.6) is 17.2 Å².